The van der Waals surface area contributed by atoms with Crippen molar-refractivity contribution in [2.75, 3.05) is 17.2 Å². The molecule has 7 nitrogen and oxygen atoms in total. The number of halogens is 1. The highest BCUT2D eigenvalue weighted by atomic mass is 35.5. The molecule has 0 aliphatic carbocycles. The Bertz CT molecular complexity index is 1250. The molecule has 2 aromatic heterocycles. The van der Waals surface area contributed by atoms with Crippen molar-refractivity contribution in [2.45, 2.75) is 13.3 Å². The number of nitrogens with zero attached hydrogens (tertiary/aromatic N) is 1. The van der Waals surface area contributed by atoms with Gasteiger partial charge in [0.25, 0.3) is 5.91 Å². The van der Waals surface area contributed by atoms with Crippen LogP contribution < -0.4 is 16.0 Å². The minimum absolute atomic E-state index is 0.210. The third kappa shape index (κ3) is 5.04. The predicted octanol–water partition coefficient (Wildman–Crippen LogP) is 5.20. The second kappa shape index (κ2) is 9.20. The normalized spacial score (nSPS) is 10.8. The maximum atomic E-state index is 12.6. The number of anilines is 2. The number of hydrogen-bond donors (Lipinski definition) is 4. The Kier molecular flexibility index (Phi) is 6.20. The average Bonchev–Trinajstić information content (AvgIpc) is 3.31. The maximum absolute atomic E-state index is 12.6. The number of fused-ring (bicyclic) bond motifs is 1. The van der Waals surface area contributed by atoms with Gasteiger partial charge in [-0.1, -0.05) is 47.2 Å². The third-order valence-corrected chi connectivity index (χ3v) is 5.97. The Morgan fingerprint density at radius 2 is 1.97 bits per heavy atom. The maximum Gasteiger partial charge on any atom is 0.325 e. The van der Waals surface area contributed by atoms with Gasteiger partial charge in [-0.3, -0.25) is 10.1 Å². The van der Waals surface area contributed by atoms with Crippen molar-refractivity contribution in [3.05, 3.63) is 75.9 Å². The highest BCUT2D eigenvalue weighted by Crippen LogP contribution is 2.23. The van der Waals surface area contributed by atoms with Gasteiger partial charge in [-0.15, -0.1) is 0 Å². The van der Waals surface area contributed by atoms with Crippen LogP contribution in [0.4, 0.5) is 15.6 Å². The molecule has 2 heterocycles. The molecule has 0 saturated heterocycles. The second-order valence-corrected chi connectivity index (χ2v) is 8.32. The molecule has 0 radical (unpaired) electrons. The van der Waals surface area contributed by atoms with Crippen LogP contribution in [0.15, 0.2) is 54.7 Å². The molecule has 0 fully saturated rings. The minimum Gasteiger partial charge on any atom is -0.361 e. The Morgan fingerprint density at radius 3 is 2.81 bits per heavy atom. The van der Waals surface area contributed by atoms with Crippen molar-refractivity contribution in [1.29, 1.82) is 0 Å². The van der Waals surface area contributed by atoms with Crippen LogP contribution in [-0.4, -0.2) is 28.5 Å². The number of urea groups is 1. The summed E-state index contributed by atoms with van der Waals surface area (Å²) < 4.78 is 0. The number of hydrogen-bond acceptors (Lipinski definition) is 4. The first kappa shape index (κ1) is 20.9. The Morgan fingerprint density at radius 1 is 1.13 bits per heavy atom. The molecule has 4 aromatic rings. The zero-order chi connectivity index (χ0) is 21.8. The number of amides is 3. The minimum atomic E-state index is -0.456. The predicted molar refractivity (Wildman–Crippen MR) is 125 cm³/mol. The van der Waals surface area contributed by atoms with Crippen molar-refractivity contribution < 1.29 is 9.59 Å². The number of aromatic nitrogens is 2. The molecule has 9 heteroatoms. The lowest BCUT2D eigenvalue weighted by Gasteiger charge is -2.05. The van der Waals surface area contributed by atoms with Gasteiger partial charge in [0.1, 0.15) is 4.88 Å². The summed E-state index contributed by atoms with van der Waals surface area (Å²) >= 11 is 7.05. The number of H-pyrrole nitrogens is 1. The van der Waals surface area contributed by atoms with Gasteiger partial charge in [0.2, 0.25) is 0 Å². The first-order valence-corrected chi connectivity index (χ1v) is 10.8. The Labute approximate surface area is 187 Å². The monoisotopic (exact) mass is 453 g/mol. The van der Waals surface area contributed by atoms with E-state index in [4.69, 9.17) is 11.6 Å². The number of carbonyl (C=O) groups is 2. The Hall–Kier alpha value is -3.36. The van der Waals surface area contributed by atoms with Crippen LogP contribution >= 0.6 is 22.9 Å². The fraction of sp³-hybridized carbons (Fsp3) is 0.136. The molecule has 0 spiro atoms. The van der Waals surface area contributed by atoms with E-state index in [0.29, 0.717) is 39.4 Å². The highest BCUT2D eigenvalue weighted by molar-refractivity contribution is 7.17. The Balaban J connectivity index is 1.33. The second-order valence-electron chi connectivity index (χ2n) is 6.89. The molecule has 158 valence electrons. The topological polar surface area (TPSA) is 98.9 Å². The van der Waals surface area contributed by atoms with Crippen LogP contribution in [0.5, 0.6) is 0 Å². The summed E-state index contributed by atoms with van der Waals surface area (Å²) in [4.78, 5) is 32.8. The van der Waals surface area contributed by atoms with Crippen molar-refractivity contribution >= 4 is 56.6 Å². The van der Waals surface area contributed by atoms with Gasteiger partial charge in [-0.25, -0.2) is 9.78 Å². The van der Waals surface area contributed by atoms with Gasteiger partial charge in [0, 0.05) is 34.4 Å². The summed E-state index contributed by atoms with van der Waals surface area (Å²) in [6.45, 7) is 2.24. The molecule has 0 aliphatic rings. The summed E-state index contributed by atoms with van der Waals surface area (Å²) in [6.07, 6.45) is 2.68. The molecule has 0 atom stereocenters. The van der Waals surface area contributed by atoms with E-state index in [9.17, 15) is 9.59 Å². The molecule has 0 unspecified atom stereocenters. The van der Waals surface area contributed by atoms with Crippen LogP contribution in [-0.2, 0) is 6.42 Å². The summed E-state index contributed by atoms with van der Waals surface area (Å²) in [5.74, 6) is -0.210. The van der Waals surface area contributed by atoms with E-state index >= 15 is 0 Å². The molecule has 0 aliphatic heterocycles. The molecular formula is C22H20ClN5O2S. The zero-order valence-corrected chi connectivity index (χ0v) is 18.2. The van der Waals surface area contributed by atoms with Gasteiger partial charge in [0.05, 0.1) is 5.69 Å². The molecule has 0 saturated carbocycles. The zero-order valence-electron chi connectivity index (χ0n) is 16.7. The summed E-state index contributed by atoms with van der Waals surface area (Å²) in [5.41, 5.74) is 3.35. The van der Waals surface area contributed by atoms with Gasteiger partial charge in [0.15, 0.2) is 5.13 Å². The van der Waals surface area contributed by atoms with E-state index < -0.39 is 6.03 Å². The number of aryl methyl sites for hydroxylation is 1. The quantitative estimate of drug-likeness (QED) is 0.322. The third-order valence-electron chi connectivity index (χ3n) is 4.66. The largest absolute Gasteiger partial charge is 0.361 e. The average molecular weight is 454 g/mol. The SMILES string of the molecule is Cc1nc(NC(=O)Nc2cccc(Cl)c2)sc1C(=O)NCCc1c[nH]c2ccccc12. The summed E-state index contributed by atoms with van der Waals surface area (Å²) in [6, 6.07) is 14.4. The van der Waals surface area contributed by atoms with Gasteiger partial charge in [-0.05, 0) is 43.2 Å². The number of aromatic amines is 1. The molecule has 31 heavy (non-hydrogen) atoms. The van der Waals surface area contributed by atoms with Crippen LogP contribution in [0, 0.1) is 6.92 Å². The fourth-order valence-electron chi connectivity index (χ4n) is 3.22. The smallest absolute Gasteiger partial charge is 0.325 e. The van der Waals surface area contributed by atoms with Crippen molar-refractivity contribution in [1.82, 2.24) is 15.3 Å². The summed E-state index contributed by atoms with van der Waals surface area (Å²) in [5, 5.41) is 10.3. The number of nitrogens with one attached hydrogen (secondary N) is 4. The van der Waals surface area contributed by atoms with Gasteiger partial charge < -0.3 is 15.6 Å². The van der Waals surface area contributed by atoms with Crippen LogP contribution in [0.1, 0.15) is 20.9 Å². The van der Waals surface area contributed by atoms with E-state index in [-0.39, 0.29) is 5.91 Å². The standard InChI is InChI=1S/C22H20ClN5O2S/c1-13-19(20(29)24-10-9-14-12-25-18-8-3-2-7-17(14)18)31-22(26-13)28-21(30)27-16-6-4-5-15(23)11-16/h2-8,11-12,25H,9-10H2,1H3,(H,24,29)(H2,26,27,28,30). The number of rotatable bonds is 6. The molecule has 4 N–H and O–H groups in total. The van der Waals surface area contributed by atoms with E-state index in [1.807, 2.05) is 24.4 Å². The number of thiazole rings is 1. The first-order valence-electron chi connectivity index (χ1n) is 9.64. The van der Waals surface area contributed by atoms with Gasteiger partial charge in [-0.2, -0.15) is 0 Å². The van der Waals surface area contributed by atoms with E-state index in [1.54, 1.807) is 31.2 Å². The van der Waals surface area contributed by atoms with E-state index in [0.717, 1.165) is 27.8 Å². The molecule has 4 rings (SSSR count). The summed E-state index contributed by atoms with van der Waals surface area (Å²) in [7, 11) is 0. The number of carbonyl (C=O) groups excluding carboxylic acids is 2. The van der Waals surface area contributed by atoms with E-state index in [2.05, 4.69) is 32.0 Å². The van der Waals surface area contributed by atoms with Crippen molar-refractivity contribution in [2.24, 2.45) is 0 Å². The fourth-order valence-corrected chi connectivity index (χ4v) is 4.28. The van der Waals surface area contributed by atoms with Crippen LogP contribution in [0.3, 0.4) is 0 Å². The van der Waals surface area contributed by atoms with Gasteiger partial charge >= 0.3 is 6.03 Å². The van der Waals surface area contributed by atoms with Crippen LogP contribution in [0.2, 0.25) is 5.02 Å². The molecule has 0 bridgehead atoms. The lowest BCUT2D eigenvalue weighted by atomic mass is 10.1. The molecular weight excluding hydrogens is 434 g/mol. The van der Waals surface area contributed by atoms with Crippen molar-refractivity contribution in [3.8, 4) is 0 Å². The van der Waals surface area contributed by atoms with Crippen molar-refractivity contribution in [3.63, 3.8) is 0 Å². The molecule has 2 aromatic carbocycles. The first-order chi connectivity index (χ1) is 15.0. The highest BCUT2D eigenvalue weighted by Gasteiger charge is 2.16. The lowest BCUT2D eigenvalue weighted by molar-refractivity contribution is 0.0957. The number of benzene rings is 2. The molecule has 3 amide bonds. The van der Waals surface area contributed by atoms with E-state index in [1.165, 1.54) is 0 Å². The number of para-hydroxylation sites is 1. The lowest BCUT2D eigenvalue weighted by Crippen LogP contribution is -2.25. The van der Waals surface area contributed by atoms with Crippen LogP contribution in [0.25, 0.3) is 10.9 Å².